The second kappa shape index (κ2) is 6.45. The third-order valence-electron chi connectivity index (χ3n) is 4.51. The van der Waals surface area contributed by atoms with E-state index in [4.69, 9.17) is 0 Å². The van der Waals surface area contributed by atoms with Gasteiger partial charge in [0.2, 0.25) is 0 Å². The van der Waals surface area contributed by atoms with Crippen molar-refractivity contribution in [2.45, 2.75) is 26.2 Å². The molecule has 1 aliphatic rings. The zero-order valence-electron chi connectivity index (χ0n) is 14.5. The molecule has 130 valence electrons. The first-order valence-corrected chi connectivity index (χ1v) is 9.16. The highest BCUT2D eigenvalue weighted by Gasteiger charge is 2.17. The molecule has 25 heavy (non-hydrogen) atoms. The zero-order chi connectivity index (χ0) is 17.4. The fourth-order valence-corrected chi connectivity index (χ4v) is 3.59. The van der Waals surface area contributed by atoms with Crippen molar-refractivity contribution in [3.8, 4) is 0 Å². The SMILES string of the molecule is CCC(C)c1cc(Nc2nccn3c(C4=CN(C)NC4)cnc23)sn1. The molecule has 0 spiro atoms. The van der Waals surface area contributed by atoms with Gasteiger partial charge in [0.25, 0.3) is 0 Å². The Bertz CT molecular complexity index is 926. The van der Waals surface area contributed by atoms with E-state index in [2.05, 4.69) is 55.6 Å². The second-order valence-corrected chi connectivity index (χ2v) is 7.07. The van der Waals surface area contributed by atoms with Crippen LogP contribution in [0.1, 0.15) is 37.6 Å². The molecule has 0 amide bonds. The monoisotopic (exact) mass is 355 g/mol. The number of rotatable bonds is 5. The first kappa shape index (κ1) is 16.0. The van der Waals surface area contributed by atoms with E-state index in [-0.39, 0.29) is 0 Å². The number of fused-ring (bicyclic) bond motifs is 1. The maximum Gasteiger partial charge on any atom is 0.180 e. The van der Waals surface area contributed by atoms with E-state index < -0.39 is 0 Å². The predicted molar refractivity (Wildman–Crippen MR) is 101 cm³/mol. The van der Waals surface area contributed by atoms with Crippen LogP contribution in [0.5, 0.6) is 0 Å². The van der Waals surface area contributed by atoms with Crippen LogP contribution >= 0.6 is 11.5 Å². The van der Waals surface area contributed by atoms with Gasteiger partial charge in [0.1, 0.15) is 5.00 Å². The third kappa shape index (κ3) is 2.98. The van der Waals surface area contributed by atoms with Crippen LogP contribution in [-0.4, -0.2) is 37.3 Å². The summed E-state index contributed by atoms with van der Waals surface area (Å²) >= 11 is 1.46. The van der Waals surface area contributed by atoms with Crippen LogP contribution in [0, 0.1) is 0 Å². The van der Waals surface area contributed by atoms with Gasteiger partial charge in [0.05, 0.1) is 17.6 Å². The Balaban J connectivity index is 1.66. The van der Waals surface area contributed by atoms with Crippen LogP contribution in [0.3, 0.4) is 0 Å². The molecular weight excluding hydrogens is 334 g/mol. The summed E-state index contributed by atoms with van der Waals surface area (Å²) in [7, 11) is 1.99. The van der Waals surface area contributed by atoms with E-state index in [1.807, 2.05) is 24.5 Å². The van der Waals surface area contributed by atoms with Gasteiger partial charge in [-0.3, -0.25) is 4.40 Å². The predicted octanol–water partition coefficient (Wildman–Crippen LogP) is 3.23. The molecule has 2 N–H and O–H groups in total. The van der Waals surface area contributed by atoms with Crippen LogP contribution in [-0.2, 0) is 0 Å². The summed E-state index contributed by atoms with van der Waals surface area (Å²) in [5.41, 5.74) is 7.46. The minimum atomic E-state index is 0.465. The van der Waals surface area contributed by atoms with Crippen molar-refractivity contribution >= 4 is 33.6 Å². The molecule has 1 atom stereocenters. The molecule has 4 rings (SSSR count). The number of hydrazine groups is 1. The second-order valence-electron chi connectivity index (χ2n) is 6.26. The molecule has 0 fully saturated rings. The first-order chi connectivity index (χ1) is 12.2. The van der Waals surface area contributed by atoms with E-state index in [1.165, 1.54) is 17.1 Å². The van der Waals surface area contributed by atoms with E-state index in [0.717, 1.165) is 40.8 Å². The summed E-state index contributed by atoms with van der Waals surface area (Å²) in [5.74, 6) is 1.21. The number of hydrogen-bond donors (Lipinski definition) is 2. The lowest BCUT2D eigenvalue weighted by molar-refractivity contribution is 0.374. The lowest BCUT2D eigenvalue weighted by Gasteiger charge is -2.06. The number of nitrogens with zero attached hydrogens (tertiary/aromatic N) is 5. The Kier molecular flexibility index (Phi) is 4.14. The van der Waals surface area contributed by atoms with Crippen molar-refractivity contribution in [3.05, 3.63) is 42.2 Å². The van der Waals surface area contributed by atoms with Crippen molar-refractivity contribution in [1.29, 1.82) is 0 Å². The molecule has 0 saturated carbocycles. The first-order valence-electron chi connectivity index (χ1n) is 8.38. The van der Waals surface area contributed by atoms with Gasteiger partial charge < -0.3 is 10.3 Å². The van der Waals surface area contributed by atoms with Crippen LogP contribution < -0.4 is 10.7 Å². The van der Waals surface area contributed by atoms with Gasteiger partial charge in [-0.1, -0.05) is 13.8 Å². The molecule has 3 aromatic rings. The average molecular weight is 355 g/mol. The Morgan fingerprint density at radius 1 is 1.40 bits per heavy atom. The summed E-state index contributed by atoms with van der Waals surface area (Å²) in [6, 6.07) is 2.10. The van der Waals surface area contributed by atoms with Gasteiger partial charge in [0.15, 0.2) is 11.5 Å². The fraction of sp³-hybridized carbons (Fsp3) is 0.353. The highest BCUT2D eigenvalue weighted by atomic mass is 32.1. The maximum absolute atomic E-state index is 4.58. The van der Waals surface area contributed by atoms with Crippen molar-refractivity contribution < 1.29 is 0 Å². The zero-order valence-corrected chi connectivity index (χ0v) is 15.3. The minimum absolute atomic E-state index is 0.465. The molecule has 4 heterocycles. The number of nitrogens with one attached hydrogen (secondary N) is 2. The highest BCUT2D eigenvalue weighted by molar-refractivity contribution is 7.10. The standard InChI is InChI=1S/C17H21N7S/c1-4-11(2)13-7-15(25-22-13)21-16-17-19-9-14(24(17)6-5-18-16)12-8-20-23(3)10-12/h5-7,9-11,20H,4,8H2,1-3H3,(H,18,21). The minimum Gasteiger partial charge on any atom is -0.328 e. The smallest absolute Gasteiger partial charge is 0.180 e. The Morgan fingerprint density at radius 2 is 2.28 bits per heavy atom. The normalized spacial score (nSPS) is 15.6. The largest absolute Gasteiger partial charge is 0.328 e. The molecular formula is C17H21N7S. The van der Waals surface area contributed by atoms with E-state index in [1.54, 1.807) is 6.20 Å². The number of anilines is 2. The van der Waals surface area contributed by atoms with Crippen molar-refractivity contribution in [3.63, 3.8) is 0 Å². The van der Waals surface area contributed by atoms with Gasteiger partial charge in [-0.15, -0.1) is 0 Å². The summed E-state index contributed by atoms with van der Waals surface area (Å²) < 4.78 is 6.61. The summed E-state index contributed by atoms with van der Waals surface area (Å²) in [5, 5.41) is 6.32. The molecule has 0 saturated heterocycles. The summed E-state index contributed by atoms with van der Waals surface area (Å²) in [6.45, 7) is 5.16. The Labute approximate surface area is 150 Å². The van der Waals surface area contributed by atoms with Crippen LogP contribution in [0.25, 0.3) is 11.2 Å². The molecule has 8 heteroatoms. The summed E-state index contributed by atoms with van der Waals surface area (Å²) in [6.07, 6.45) is 8.80. The van der Waals surface area contributed by atoms with Gasteiger partial charge in [-0.25, -0.2) is 15.4 Å². The Hall–Kier alpha value is -2.45. The van der Waals surface area contributed by atoms with Crippen molar-refractivity contribution in [1.82, 2.24) is 29.2 Å². The van der Waals surface area contributed by atoms with Crippen molar-refractivity contribution in [2.24, 2.45) is 0 Å². The number of aromatic nitrogens is 4. The molecule has 0 bridgehead atoms. The molecule has 1 aliphatic heterocycles. The van der Waals surface area contributed by atoms with Crippen LogP contribution in [0.4, 0.5) is 10.8 Å². The van der Waals surface area contributed by atoms with Gasteiger partial charge in [-0.2, -0.15) is 4.37 Å². The third-order valence-corrected chi connectivity index (χ3v) is 5.23. The average Bonchev–Trinajstić information content (AvgIpc) is 3.33. The van der Waals surface area contributed by atoms with Gasteiger partial charge in [0, 0.05) is 37.8 Å². The molecule has 0 aliphatic carbocycles. The molecule has 3 aromatic heterocycles. The number of imidazole rings is 1. The van der Waals surface area contributed by atoms with Gasteiger partial charge in [-0.05, 0) is 29.9 Å². The highest BCUT2D eigenvalue weighted by Crippen LogP contribution is 2.28. The molecule has 0 aromatic carbocycles. The van der Waals surface area contributed by atoms with Crippen molar-refractivity contribution in [2.75, 3.05) is 18.9 Å². The van der Waals surface area contributed by atoms with E-state index >= 15 is 0 Å². The summed E-state index contributed by atoms with van der Waals surface area (Å²) in [4.78, 5) is 9.05. The lowest BCUT2D eigenvalue weighted by atomic mass is 10.1. The van der Waals surface area contributed by atoms with E-state index in [9.17, 15) is 0 Å². The molecule has 0 radical (unpaired) electrons. The number of hydrogen-bond acceptors (Lipinski definition) is 7. The Morgan fingerprint density at radius 3 is 3.04 bits per heavy atom. The van der Waals surface area contributed by atoms with Crippen LogP contribution in [0.15, 0.2) is 30.9 Å². The van der Waals surface area contributed by atoms with Gasteiger partial charge >= 0.3 is 0 Å². The fourth-order valence-electron chi connectivity index (χ4n) is 2.84. The molecule has 1 unspecified atom stereocenters. The van der Waals surface area contributed by atoms with E-state index in [0.29, 0.717) is 5.92 Å². The molecule has 7 nitrogen and oxygen atoms in total. The maximum atomic E-state index is 4.58. The topological polar surface area (TPSA) is 70.4 Å². The quantitative estimate of drug-likeness (QED) is 0.732. The lowest BCUT2D eigenvalue weighted by Crippen LogP contribution is -2.23. The van der Waals surface area contributed by atoms with Crippen LogP contribution in [0.2, 0.25) is 0 Å².